The first-order valence-corrected chi connectivity index (χ1v) is 7.96. The molecule has 3 rings (SSSR count). The van der Waals surface area contributed by atoms with E-state index in [1.54, 1.807) is 11.8 Å². The Hall–Kier alpha value is -2.21. The number of benzene rings is 1. The van der Waals surface area contributed by atoms with E-state index in [2.05, 4.69) is 22.3 Å². The van der Waals surface area contributed by atoms with Crippen LogP contribution in [0.5, 0.6) is 0 Å². The highest BCUT2D eigenvalue weighted by Crippen LogP contribution is 2.21. The number of amides is 1. The first kappa shape index (κ1) is 15.7. The fourth-order valence-electron chi connectivity index (χ4n) is 2.68. The average molecular weight is 315 g/mol. The first-order chi connectivity index (χ1) is 11.2. The quantitative estimate of drug-likeness (QED) is 0.846. The summed E-state index contributed by atoms with van der Waals surface area (Å²) in [5.74, 6) is 1.20. The molecule has 6 nitrogen and oxygen atoms in total. The highest BCUT2D eigenvalue weighted by atomic mass is 16.5. The summed E-state index contributed by atoms with van der Waals surface area (Å²) in [7, 11) is 0. The smallest absolute Gasteiger partial charge is 0.257 e. The molecular formula is C17H21N3O3. The van der Waals surface area contributed by atoms with Crippen LogP contribution in [0.4, 0.5) is 0 Å². The molecule has 1 amide bonds. The van der Waals surface area contributed by atoms with Gasteiger partial charge in [-0.1, -0.05) is 35.5 Å². The Morgan fingerprint density at radius 1 is 1.30 bits per heavy atom. The number of nitrogens with zero attached hydrogens (tertiary/aromatic N) is 3. The summed E-state index contributed by atoms with van der Waals surface area (Å²) in [6.07, 6.45) is 2.40. The van der Waals surface area contributed by atoms with Crippen molar-refractivity contribution >= 4 is 5.91 Å². The molecule has 6 heteroatoms. The van der Waals surface area contributed by atoms with Gasteiger partial charge in [-0.25, -0.2) is 0 Å². The minimum Gasteiger partial charge on any atom is -0.365 e. The minimum absolute atomic E-state index is 0.0425. The molecule has 2 aromatic rings. The van der Waals surface area contributed by atoms with Crippen LogP contribution in [0.3, 0.4) is 0 Å². The van der Waals surface area contributed by atoms with Crippen LogP contribution < -0.4 is 0 Å². The van der Waals surface area contributed by atoms with E-state index in [0.717, 1.165) is 19.3 Å². The van der Waals surface area contributed by atoms with Gasteiger partial charge in [0.2, 0.25) is 5.91 Å². The lowest BCUT2D eigenvalue weighted by Crippen LogP contribution is -2.41. The van der Waals surface area contributed by atoms with E-state index in [9.17, 15) is 4.79 Å². The van der Waals surface area contributed by atoms with E-state index in [1.165, 1.54) is 5.56 Å². The lowest BCUT2D eigenvalue weighted by molar-refractivity contribution is -0.137. The van der Waals surface area contributed by atoms with E-state index in [4.69, 9.17) is 9.26 Å². The Bertz CT molecular complexity index is 642. The Morgan fingerprint density at radius 3 is 2.91 bits per heavy atom. The van der Waals surface area contributed by atoms with Gasteiger partial charge in [-0.05, 0) is 18.4 Å². The second-order valence-electron chi connectivity index (χ2n) is 5.71. The zero-order chi connectivity index (χ0) is 16.1. The van der Waals surface area contributed by atoms with Crippen molar-refractivity contribution in [2.24, 2.45) is 0 Å². The van der Waals surface area contributed by atoms with Crippen molar-refractivity contribution in [2.45, 2.75) is 32.3 Å². The van der Waals surface area contributed by atoms with Crippen LogP contribution in [-0.2, 0) is 22.4 Å². The Kier molecular flexibility index (Phi) is 5.02. The summed E-state index contributed by atoms with van der Waals surface area (Å²) in [4.78, 5) is 17.6. The van der Waals surface area contributed by atoms with Gasteiger partial charge in [0.25, 0.3) is 5.89 Å². The number of hydrogen-bond acceptors (Lipinski definition) is 5. The van der Waals surface area contributed by atoms with E-state index >= 15 is 0 Å². The molecule has 1 fully saturated rings. The zero-order valence-electron chi connectivity index (χ0n) is 13.3. The summed E-state index contributed by atoms with van der Waals surface area (Å²) < 4.78 is 11.0. The monoisotopic (exact) mass is 315 g/mol. The maximum atomic E-state index is 11.5. The van der Waals surface area contributed by atoms with Crippen molar-refractivity contribution in [3.05, 3.63) is 47.6 Å². The van der Waals surface area contributed by atoms with Gasteiger partial charge in [0.1, 0.15) is 0 Å². The number of rotatable bonds is 5. The van der Waals surface area contributed by atoms with Crippen molar-refractivity contribution in [3.8, 4) is 0 Å². The van der Waals surface area contributed by atoms with Gasteiger partial charge < -0.3 is 14.2 Å². The molecule has 1 atom stereocenters. The maximum Gasteiger partial charge on any atom is 0.257 e. The van der Waals surface area contributed by atoms with Gasteiger partial charge in [0.05, 0.1) is 13.2 Å². The predicted octanol–water partition coefficient (Wildman–Crippen LogP) is 2.16. The van der Waals surface area contributed by atoms with Gasteiger partial charge in [-0.2, -0.15) is 4.98 Å². The molecule has 1 unspecified atom stereocenters. The van der Waals surface area contributed by atoms with Crippen molar-refractivity contribution in [1.29, 1.82) is 0 Å². The third kappa shape index (κ3) is 4.16. The topological polar surface area (TPSA) is 68.5 Å². The molecule has 2 heterocycles. The van der Waals surface area contributed by atoms with E-state index in [1.807, 2.05) is 18.2 Å². The Balaban J connectivity index is 1.52. The molecule has 0 spiro atoms. The van der Waals surface area contributed by atoms with E-state index in [0.29, 0.717) is 31.4 Å². The number of aromatic nitrogens is 2. The molecule has 122 valence electrons. The van der Waals surface area contributed by atoms with Crippen LogP contribution in [-0.4, -0.2) is 40.6 Å². The number of morpholine rings is 1. The molecule has 0 saturated carbocycles. The van der Waals surface area contributed by atoms with Crippen LogP contribution in [0.1, 0.15) is 36.7 Å². The summed E-state index contributed by atoms with van der Waals surface area (Å²) >= 11 is 0. The van der Waals surface area contributed by atoms with E-state index in [-0.39, 0.29) is 12.0 Å². The molecule has 1 saturated heterocycles. The number of aryl methyl sites for hydroxylation is 2. The molecule has 1 aromatic carbocycles. The van der Waals surface area contributed by atoms with Crippen LogP contribution in [0.2, 0.25) is 0 Å². The third-order valence-corrected chi connectivity index (χ3v) is 3.98. The lowest BCUT2D eigenvalue weighted by Gasteiger charge is -2.30. The molecule has 1 aliphatic heterocycles. The summed E-state index contributed by atoms with van der Waals surface area (Å²) in [5, 5.41) is 4.02. The normalized spacial score (nSPS) is 18.1. The average Bonchev–Trinajstić information content (AvgIpc) is 3.05. The van der Waals surface area contributed by atoms with Crippen molar-refractivity contribution < 1.29 is 14.1 Å². The van der Waals surface area contributed by atoms with Gasteiger partial charge in [-0.3, -0.25) is 4.79 Å². The zero-order valence-corrected chi connectivity index (χ0v) is 13.3. The highest BCUT2D eigenvalue weighted by Gasteiger charge is 2.27. The van der Waals surface area contributed by atoms with Crippen molar-refractivity contribution in [1.82, 2.24) is 15.0 Å². The van der Waals surface area contributed by atoms with Crippen LogP contribution >= 0.6 is 0 Å². The number of carbonyl (C=O) groups excluding carboxylic acids is 1. The maximum absolute atomic E-state index is 11.5. The van der Waals surface area contributed by atoms with Gasteiger partial charge in [0, 0.05) is 19.9 Å². The second-order valence-corrected chi connectivity index (χ2v) is 5.71. The SMILES string of the molecule is CC(=O)N1CCOC(c2nc(CCCc3ccccc3)no2)C1. The van der Waals surface area contributed by atoms with E-state index < -0.39 is 0 Å². The largest absolute Gasteiger partial charge is 0.365 e. The Labute approximate surface area is 135 Å². The van der Waals surface area contributed by atoms with Crippen LogP contribution in [0.15, 0.2) is 34.9 Å². The molecular weight excluding hydrogens is 294 g/mol. The first-order valence-electron chi connectivity index (χ1n) is 7.96. The molecule has 0 aliphatic carbocycles. The van der Waals surface area contributed by atoms with Crippen molar-refractivity contribution in [3.63, 3.8) is 0 Å². The molecule has 0 bridgehead atoms. The summed E-state index contributed by atoms with van der Waals surface area (Å²) in [6.45, 7) is 3.14. The number of carbonyl (C=O) groups is 1. The third-order valence-electron chi connectivity index (χ3n) is 3.98. The highest BCUT2D eigenvalue weighted by molar-refractivity contribution is 5.73. The fourth-order valence-corrected chi connectivity index (χ4v) is 2.68. The summed E-state index contributed by atoms with van der Waals surface area (Å²) in [5.41, 5.74) is 1.31. The second kappa shape index (κ2) is 7.37. The predicted molar refractivity (Wildman–Crippen MR) is 83.7 cm³/mol. The van der Waals surface area contributed by atoms with Gasteiger partial charge >= 0.3 is 0 Å². The number of hydrogen-bond donors (Lipinski definition) is 0. The van der Waals surface area contributed by atoms with Crippen LogP contribution in [0.25, 0.3) is 0 Å². The minimum atomic E-state index is -0.317. The molecule has 23 heavy (non-hydrogen) atoms. The molecule has 0 radical (unpaired) electrons. The van der Waals surface area contributed by atoms with Crippen molar-refractivity contribution in [2.75, 3.05) is 19.7 Å². The molecule has 1 aliphatic rings. The summed E-state index contributed by atoms with van der Waals surface area (Å²) in [6, 6.07) is 10.3. The standard InChI is InChI=1S/C17H21N3O3/c1-13(21)20-10-11-22-15(12-20)17-18-16(19-23-17)9-5-8-14-6-3-2-4-7-14/h2-4,6-7,15H,5,8-12H2,1H3. The Morgan fingerprint density at radius 2 is 2.13 bits per heavy atom. The van der Waals surface area contributed by atoms with Crippen LogP contribution in [0, 0.1) is 0 Å². The van der Waals surface area contributed by atoms with Gasteiger partial charge in [-0.15, -0.1) is 0 Å². The lowest BCUT2D eigenvalue weighted by atomic mass is 10.1. The molecule has 1 aromatic heterocycles. The number of ether oxygens (including phenoxy) is 1. The van der Waals surface area contributed by atoms with Gasteiger partial charge in [0.15, 0.2) is 11.9 Å². The fraction of sp³-hybridized carbons (Fsp3) is 0.471. The molecule has 0 N–H and O–H groups in total.